The van der Waals surface area contributed by atoms with E-state index in [2.05, 4.69) is 98.7 Å². The summed E-state index contributed by atoms with van der Waals surface area (Å²) in [7, 11) is 0. The Morgan fingerprint density at radius 2 is 1.16 bits per heavy atom. The fraction of sp³-hybridized carbons (Fsp3) is 0.190. The molecule has 7 aromatic carbocycles. The summed E-state index contributed by atoms with van der Waals surface area (Å²) in [6, 6.07) is 43.4. The lowest BCUT2D eigenvalue weighted by molar-refractivity contribution is 0.381. The van der Waals surface area contributed by atoms with Crippen LogP contribution in [0.15, 0.2) is 140 Å². The number of nitrogens with zero attached hydrogens (tertiary/aromatic N) is 4. The molecule has 10 rings (SSSR count). The van der Waals surface area contributed by atoms with E-state index in [1.54, 1.807) is 6.07 Å². The first-order valence-electron chi connectivity index (χ1n) is 22.6. The molecule has 0 unspecified atom stereocenters. The molecule has 0 spiro atoms. The van der Waals surface area contributed by atoms with Crippen molar-refractivity contribution in [3.8, 4) is 39.6 Å². The van der Waals surface area contributed by atoms with Crippen molar-refractivity contribution in [2.24, 2.45) is 0 Å². The summed E-state index contributed by atoms with van der Waals surface area (Å²) in [6.45, 7) is 16.6. The molecule has 9 aromatic rings. The van der Waals surface area contributed by atoms with Crippen LogP contribution in [0, 0.1) is 42.9 Å². The molecule has 1 aliphatic rings. The van der Waals surface area contributed by atoms with Crippen LogP contribution in [0.2, 0.25) is 0 Å². The van der Waals surface area contributed by atoms with E-state index in [9.17, 15) is 13.2 Å². The predicted molar refractivity (Wildman–Crippen MR) is 265 cm³/mol. The predicted octanol–water partition coefficient (Wildman–Crippen LogP) is 16.5. The molecule has 0 atom stereocenters. The summed E-state index contributed by atoms with van der Waals surface area (Å²) >= 11 is 0. The SMILES string of the molecule is Cc1cc(C)cc(-c2cc(Oc3ccc4c5ccccc5n(-c5cc(C(C)(C)C)ccn5)c4c3)cc(N3CN(c4c(-c5c(F)c(F)c(F)c(F)c5F)cccc4C(C)(C)C)c4ccccc43)c2)c1. The number of aromatic nitrogens is 2. The molecule has 0 fully saturated rings. The molecule has 0 saturated heterocycles. The van der Waals surface area contributed by atoms with Crippen molar-refractivity contribution in [1.29, 1.82) is 0 Å². The number of anilines is 4. The third kappa shape index (κ3) is 7.61. The van der Waals surface area contributed by atoms with Crippen molar-refractivity contribution >= 4 is 44.6 Å². The number of hydrogen-bond acceptors (Lipinski definition) is 4. The number of aryl methyl sites for hydroxylation is 2. The number of hydrogen-bond donors (Lipinski definition) is 0. The fourth-order valence-corrected chi connectivity index (χ4v) is 9.62. The van der Waals surface area contributed by atoms with E-state index in [1.165, 1.54) is 6.07 Å². The second kappa shape index (κ2) is 16.4. The van der Waals surface area contributed by atoms with Crippen molar-refractivity contribution in [3.63, 3.8) is 0 Å². The maximum Gasteiger partial charge on any atom is 0.200 e. The molecule has 342 valence electrons. The Morgan fingerprint density at radius 1 is 0.529 bits per heavy atom. The van der Waals surface area contributed by atoms with Crippen molar-refractivity contribution < 1.29 is 26.7 Å². The number of fused-ring (bicyclic) bond motifs is 4. The van der Waals surface area contributed by atoms with Crippen LogP contribution in [0.25, 0.3) is 49.9 Å². The van der Waals surface area contributed by atoms with Crippen LogP contribution in [-0.2, 0) is 10.8 Å². The van der Waals surface area contributed by atoms with Gasteiger partial charge in [0.05, 0.1) is 33.7 Å². The Morgan fingerprint density at radius 3 is 1.85 bits per heavy atom. The van der Waals surface area contributed by atoms with Crippen LogP contribution in [0.4, 0.5) is 44.7 Å². The van der Waals surface area contributed by atoms with E-state index in [0.29, 0.717) is 28.4 Å². The minimum Gasteiger partial charge on any atom is -0.457 e. The van der Waals surface area contributed by atoms with Crippen LogP contribution in [0.5, 0.6) is 11.5 Å². The number of benzene rings is 7. The maximum absolute atomic E-state index is 15.8. The van der Waals surface area contributed by atoms with E-state index in [0.717, 1.165) is 66.8 Å². The monoisotopic (exact) mass is 912 g/mol. The van der Waals surface area contributed by atoms with Gasteiger partial charge in [-0.05, 0) is 102 Å². The number of rotatable bonds is 7. The van der Waals surface area contributed by atoms with Crippen molar-refractivity contribution in [2.75, 3.05) is 16.5 Å². The standard InChI is InChI=1S/C58H49F5N4O/c1-33-24-34(2)26-35(25-33)36-27-38(30-40(28-36)68-39-20-21-42-41-14-9-10-17-45(41)67(48(42)31-39)49-29-37(22-23-64-49)57(3,4)5)65-32-66(47-19-12-11-18-46(47)65)56-43(15-13-16-44(56)58(6,7)8)50-51(59)53(61)55(63)54(62)52(50)60/h9-31H,32H2,1-8H3. The average molecular weight is 913 g/mol. The van der Waals surface area contributed by atoms with Crippen molar-refractivity contribution in [2.45, 2.75) is 66.2 Å². The summed E-state index contributed by atoms with van der Waals surface area (Å²) in [5.74, 6) is -8.04. The molecular formula is C58H49F5N4O. The molecule has 0 saturated carbocycles. The van der Waals surface area contributed by atoms with Gasteiger partial charge < -0.3 is 14.5 Å². The Kier molecular flexibility index (Phi) is 10.7. The van der Waals surface area contributed by atoms with Crippen LogP contribution in [-0.4, -0.2) is 16.2 Å². The van der Waals surface area contributed by atoms with Gasteiger partial charge in [0.15, 0.2) is 23.3 Å². The minimum atomic E-state index is -2.21. The Balaban J connectivity index is 1.13. The van der Waals surface area contributed by atoms with Gasteiger partial charge in [-0.1, -0.05) is 119 Å². The average Bonchev–Trinajstić information content (AvgIpc) is 3.85. The van der Waals surface area contributed by atoms with Gasteiger partial charge in [0.1, 0.15) is 24.0 Å². The van der Waals surface area contributed by atoms with Crippen LogP contribution < -0.4 is 14.5 Å². The van der Waals surface area contributed by atoms with Gasteiger partial charge >= 0.3 is 0 Å². The van der Waals surface area contributed by atoms with Crippen LogP contribution >= 0.6 is 0 Å². The number of para-hydroxylation sites is 4. The molecule has 0 N–H and O–H groups in total. The minimum absolute atomic E-state index is 0.0916. The summed E-state index contributed by atoms with van der Waals surface area (Å²) in [4.78, 5) is 8.82. The van der Waals surface area contributed by atoms with Gasteiger partial charge in [0.25, 0.3) is 0 Å². The lowest BCUT2D eigenvalue weighted by atomic mass is 9.83. The van der Waals surface area contributed by atoms with Crippen molar-refractivity contribution in [1.82, 2.24) is 9.55 Å². The molecule has 0 radical (unpaired) electrons. The molecule has 68 heavy (non-hydrogen) atoms. The Labute approximate surface area is 392 Å². The summed E-state index contributed by atoms with van der Waals surface area (Å²) in [5, 5.41) is 2.14. The molecule has 5 nitrogen and oxygen atoms in total. The van der Waals surface area contributed by atoms with E-state index in [1.807, 2.05) is 98.6 Å². The highest BCUT2D eigenvalue weighted by Gasteiger charge is 2.36. The van der Waals surface area contributed by atoms with E-state index < -0.39 is 40.1 Å². The van der Waals surface area contributed by atoms with E-state index >= 15 is 8.78 Å². The largest absolute Gasteiger partial charge is 0.457 e. The molecule has 2 aromatic heterocycles. The first kappa shape index (κ1) is 44.4. The molecule has 1 aliphatic heterocycles. The lowest BCUT2D eigenvalue weighted by Crippen LogP contribution is -2.27. The second-order valence-corrected chi connectivity index (χ2v) is 19.8. The fourth-order valence-electron chi connectivity index (χ4n) is 9.62. The van der Waals surface area contributed by atoms with Gasteiger partial charge in [0, 0.05) is 40.4 Å². The summed E-state index contributed by atoms with van der Waals surface area (Å²) in [6.07, 6.45) is 1.86. The zero-order valence-electron chi connectivity index (χ0n) is 39.1. The van der Waals surface area contributed by atoms with Gasteiger partial charge in [-0.3, -0.25) is 4.57 Å². The second-order valence-electron chi connectivity index (χ2n) is 19.8. The zero-order valence-corrected chi connectivity index (χ0v) is 39.1. The molecule has 0 amide bonds. The number of ether oxygens (including phenoxy) is 1. The first-order valence-corrected chi connectivity index (χ1v) is 22.6. The van der Waals surface area contributed by atoms with Crippen LogP contribution in [0.3, 0.4) is 0 Å². The Hall–Kier alpha value is -7.46. The molecular weight excluding hydrogens is 864 g/mol. The first-order chi connectivity index (χ1) is 32.4. The zero-order chi connectivity index (χ0) is 48.0. The van der Waals surface area contributed by atoms with Gasteiger partial charge in [0.2, 0.25) is 5.82 Å². The highest BCUT2D eigenvalue weighted by Crippen LogP contribution is 2.52. The van der Waals surface area contributed by atoms with E-state index in [4.69, 9.17) is 9.72 Å². The van der Waals surface area contributed by atoms with Crippen molar-refractivity contribution in [3.05, 3.63) is 191 Å². The third-order valence-corrected chi connectivity index (χ3v) is 12.8. The third-order valence-electron chi connectivity index (χ3n) is 12.8. The summed E-state index contributed by atoms with van der Waals surface area (Å²) in [5.41, 5.74) is 8.49. The number of pyridine rings is 1. The van der Waals surface area contributed by atoms with Gasteiger partial charge in [-0.25, -0.2) is 26.9 Å². The molecule has 10 heteroatoms. The maximum atomic E-state index is 15.8. The van der Waals surface area contributed by atoms with Crippen LogP contribution in [0.1, 0.15) is 63.8 Å². The quantitative estimate of drug-likeness (QED) is 0.0906. The molecule has 0 aliphatic carbocycles. The van der Waals surface area contributed by atoms with Gasteiger partial charge in [-0.15, -0.1) is 0 Å². The normalized spacial score (nSPS) is 13.0. The highest BCUT2D eigenvalue weighted by atomic mass is 19.2. The van der Waals surface area contributed by atoms with Gasteiger partial charge in [-0.2, -0.15) is 0 Å². The smallest absolute Gasteiger partial charge is 0.200 e. The molecule has 3 heterocycles. The molecule has 0 bridgehead atoms. The lowest BCUT2D eigenvalue weighted by Gasteiger charge is -2.32. The Bertz CT molecular complexity index is 3440. The highest BCUT2D eigenvalue weighted by molar-refractivity contribution is 6.09. The number of halogens is 5. The van der Waals surface area contributed by atoms with E-state index in [-0.39, 0.29) is 17.6 Å². The summed E-state index contributed by atoms with van der Waals surface area (Å²) < 4.78 is 85.2. The topological polar surface area (TPSA) is 33.5 Å².